The fraction of sp³-hybridized carbons (Fsp3) is 0.467. The van der Waals surface area contributed by atoms with Crippen molar-refractivity contribution < 1.29 is 0 Å². The third-order valence-electron chi connectivity index (χ3n) is 3.96. The summed E-state index contributed by atoms with van der Waals surface area (Å²) >= 11 is 0. The number of allylic oxidation sites excluding steroid dienone is 1. The Balaban J connectivity index is 1.72. The van der Waals surface area contributed by atoms with Gasteiger partial charge in [-0.25, -0.2) is 0 Å². The molecule has 0 N–H and O–H groups in total. The molecule has 3 rings (SSSR count). The summed E-state index contributed by atoms with van der Waals surface area (Å²) in [5.41, 5.74) is 1.45. The topological polar surface area (TPSA) is 3.24 Å². The van der Waals surface area contributed by atoms with Gasteiger partial charge in [0, 0.05) is 12.6 Å². The molecule has 1 heteroatoms. The number of likely N-dealkylation sites (tertiary alicyclic amines) is 1. The molecule has 2 atom stereocenters. The van der Waals surface area contributed by atoms with Crippen LogP contribution in [0.4, 0.5) is 0 Å². The minimum atomic E-state index is 0.717. The van der Waals surface area contributed by atoms with E-state index in [1.54, 1.807) is 0 Å². The van der Waals surface area contributed by atoms with Crippen LogP contribution < -0.4 is 0 Å². The number of nitrogens with zero attached hydrogens (tertiary/aromatic N) is 1. The number of fused-ring (bicyclic) bond motifs is 1. The summed E-state index contributed by atoms with van der Waals surface area (Å²) in [6.07, 6.45) is 8.88. The maximum Gasteiger partial charge on any atom is 0.0310 e. The first-order chi connectivity index (χ1) is 7.93. The summed E-state index contributed by atoms with van der Waals surface area (Å²) in [6.45, 7) is 2.39. The Bertz CT molecular complexity index is 368. The fourth-order valence-corrected chi connectivity index (χ4v) is 3.09. The SMILES string of the molecule is C1=C[C@H]2[C@@H](CC1)CCN2Cc1ccccc1. The zero-order valence-electron chi connectivity index (χ0n) is 9.68. The second-order valence-electron chi connectivity index (χ2n) is 5.00. The first-order valence-electron chi connectivity index (χ1n) is 6.38. The van der Waals surface area contributed by atoms with Crippen LogP contribution in [0.25, 0.3) is 0 Å². The normalized spacial score (nSPS) is 29.2. The minimum Gasteiger partial charge on any atom is -0.292 e. The summed E-state index contributed by atoms with van der Waals surface area (Å²) in [7, 11) is 0. The van der Waals surface area contributed by atoms with Gasteiger partial charge in [0.2, 0.25) is 0 Å². The smallest absolute Gasteiger partial charge is 0.0310 e. The number of rotatable bonds is 2. The van der Waals surface area contributed by atoms with E-state index in [1.165, 1.54) is 31.4 Å². The fourth-order valence-electron chi connectivity index (χ4n) is 3.09. The van der Waals surface area contributed by atoms with Gasteiger partial charge < -0.3 is 0 Å². The van der Waals surface area contributed by atoms with E-state index in [0.717, 1.165) is 12.5 Å². The van der Waals surface area contributed by atoms with Gasteiger partial charge in [-0.15, -0.1) is 0 Å². The van der Waals surface area contributed by atoms with Crippen molar-refractivity contribution in [2.75, 3.05) is 6.54 Å². The van der Waals surface area contributed by atoms with E-state index in [4.69, 9.17) is 0 Å². The second kappa shape index (κ2) is 4.42. The van der Waals surface area contributed by atoms with Crippen LogP contribution in [0.2, 0.25) is 0 Å². The zero-order chi connectivity index (χ0) is 10.8. The summed E-state index contributed by atoms with van der Waals surface area (Å²) in [6, 6.07) is 11.6. The Hall–Kier alpha value is -1.08. The number of hydrogen-bond acceptors (Lipinski definition) is 1. The molecule has 0 amide bonds. The van der Waals surface area contributed by atoms with Crippen molar-refractivity contribution in [3.05, 3.63) is 48.0 Å². The van der Waals surface area contributed by atoms with E-state index in [-0.39, 0.29) is 0 Å². The van der Waals surface area contributed by atoms with Crippen molar-refractivity contribution in [2.45, 2.75) is 31.8 Å². The lowest BCUT2D eigenvalue weighted by molar-refractivity contribution is 0.248. The monoisotopic (exact) mass is 213 g/mol. The third kappa shape index (κ3) is 1.92. The summed E-state index contributed by atoms with van der Waals surface area (Å²) in [4.78, 5) is 2.63. The lowest BCUT2D eigenvalue weighted by atomic mass is 9.90. The molecule has 16 heavy (non-hydrogen) atoms. The Morgan fingerprint density at radius 1 is 1.12 bits per heavy atom. The van der Waals surface area contributed by atoms with Crippen molar-refractivity contribution in [1.82, 2.24) is 4.90 Å². The lowest BCUT2D eigenvalue weighted by Crippen LogP contribution is -2.31. The van der Waals surface area contributed by atoms with E-state index in [2.05, 4.69) is 47.4 Å². The molecule has 1 fully saturated rings. The highest BCUT2D eigenvalue weighted by molar-refractivity contribution is 5.16. The molecular formula is C15H19N. The molecule has 2 aliphatic rings. The van der Waals surface area contributed by atoms with E-state index in [1.807, 2.05) is 0 Å². The largest absolute Gasteiger partial charge is 0.292 e. The van der Waals surface area contributed by atoms with Gasteiger partial charge in [0.05, 0.1) is 0 Å². The van der Waals surface area contributed by atoms with Crippen molar-refractivity contribution in [3.63, 3.8) is 0 Å². The second-order valence-corrected chi connectivity index (χ2v) is 5.00. The van der Waals surface area contributed by atoms with E-state index in [9.17, 15) is 0 Å². The lowest BCUT2D eigenvalue weighted by Gasteiger charge is -2.27. The molecule has 0 spiro atoms. The van der Waals surface area contributed by atoms with Crippen molar-refractivity contribution in [2.24, 2.45) is 5.92 Å². The van der Waals surface area contributed by atoms with Crippen molar-refractivity contribution in [1.29, 1.82) is 0 Å². The van der Waals surface area contributed by atoms with Crippen molar-refractivity contribution in [3.8, 4) is 0 Å². The highest BCUT2D eigenvalue weighted by atomic mass is 15.2. The summed E-state index contributed by atoms with van der Waals surface area (Å²) in [5, 5.41) is 0. The minimum absolute atomic E-state index is 0.717. The van der Waals surface area contributed by atoms with Crippen LogP contribution in [0.5, 0.6) is 0 Å². The molecule has 1 aliphatic carbocycles. The first-order valence-corrected chi connectivity index (χ1v) is 6.38. The van der Waals surface area contributed by atoms with Crippen LogP contribution in [-0.4, -0.2) is 17.5 Å². The van der Waals surface area contributed by atoms with Crippen LogP contribution in [0.1, 0.15) is 24.8 Å². The predicted molar refractivity (Wildman–Crippen MR) is 67.1 cm³/mol. The Kier molecular flexibility index (Phi) is 2.79. The van der Waals surface area contributed by atoms with E-state index < -0.39 is 0 Å². The third-order valence-corrected chi connectivity index (χ3v) is 3.96. The zero-order valence-corrected chi connectivity index (χ0v) is 9.68. The van der Waals surface area contributed by atoms with Gasteiger partial charge in [0.1, 0.15) is 0 Å². The van der Waals surface area contributed by atoms with Gasteiger partial charge >= 0.3 is 0 Å². The van der Waals surface area contributed by atoms with Crippen LogP contribution in [0, 0.1) is 5.92 Å². The highest BCUT2D eigenvalue weighted by Gasteiger charge is 2.32. The molecule has 0 aromatic heterocycles. The van der Waals surface area contributed by atoms with Gasteiger partial charge in [-0.2, -0.15) is 0 Å². The Morgan fingerprint density at radius 2 is 2.00 bits per heavy atom. The van der Waals surface area contributed by atoms with Crippen LogP contribution in [0.15, 0.2) is 42.5 Å². The summed E-state index contributed by atoms with van der Waals surface area (Å²) in [5.74, 6) is 0.925. The average Bonchev–Trinajstić information content (AvgIpc) is 2.74. The van der Waals surface area contributed by atoms with Crippen LogP contribution in [0.3, 0.4) is 0 Å². The Labute approximate surface area is 97.8 Å². The molecule has 1 saturated heterocycles. The molecule has 0 saturated carbocycles. The number of hydrogen-bond donors (Lipinski definition) is 0. The molecule has 1 aromatic rings. The molecule has 0 unspecified atom stereocenters. The molecule has 0 bridgehead atoms. The van der Waals surface area contributed by atoms with Crippen LogP contribution >= 0.6 is 0 Å². The number of benzene rings is 1. The van der Waals surface area contributed by atoms with Gasteiger partial charge in [0.15, 0.2) is 0 Å². The van der Waals surface area contributed by atoms with Gasteiger partial charge in [-0.05, 0) is 37.3 Å². The molecule has 1 nitrogen and oxygen atoms in total. The average molecular weight is 213 g/mol. The van der Waals surface area contributed by atoms with Crippen molar-refractivity contribution >= 4 is 0 Å². The quantitative estimate of drug-likeness (QED) is 0.682. The highest BCUT2D eigenvalue weighted by Crippen LogP contribution is 2.33. The van der Waals surface area contributed by atoms with E-state index in [0.29, 0.717) is 6.04 Å². The predicted octanol–water partition coefficient (Wildman–Crippen LogP) is 3.23. The molecule has 1 aromatic carbocycles. The van der Waals surface area contributed by atoms with Crippen LogP contribution in [-0.2, 0) is 6.54 Å². The first kappa shape index (κ1) is 10.1. The summed E-state index contributed by atoms with van der Waals surface area (Å²) < 4.78 is 0. The maximum atomic E-state index is 2.63. The van der Waals surface area contributed by atoms with E-state index >= 15 is 0 Å². The Morgan fingerprint density at radius 3 is 2.88 bits per heavy atom. The molecular weight excluding hydrogens is 194 g/mol. The molecule has 84 valence electrons. The molecule has 1 heterocycles. The molecule has 1 aliphatic heterocycles. The van der Waals surface area contributed by atoms with Gasteiger partial charge in [-0.3, -0.25) is 4.90 Å². The maximum absolute atomic E-state index is 2.63. The molecule has 0 radical (unpaired) electrons. The van der Waals surface area contributed by atoms with Gasteiger partial charge in [-0.1, -0.05) is 42.5 Å². The van der Waals surface area contributed by atoms with Gasteiger partial charge in [0.25, 0.3) is 0 Å². The standard InChI is InChI=1S/C15H19N/c1-2-6-13(7-3-1)12-16-11-10-14-8-4-5-9-15(14)16/h1-3,5-7,9,14-15H,4,8,10-12H2/t14-,15-/m0/s1.